The molecule has 426 valence electrons. The van der Waals surface area contributed by atoms with Gasteiger partial charge in [-0.2, -0.15) is 15.0 Å². The number of nitrogens with two attached hydrogens (primary N) is 3. The minimum absolute atomic E-state index is 0.0509. The summed E-state index contributed by atoms with van der Waals surface area (Å²) in [4.78, 5) is 47.4. The molecular formula is C53H74ClIN9O11P3. The van der Waals surface area contributed by atoms with Crippen LogP contribution in [0.2, 0.25) is 0 Å². The van der Waals surface area contributed by atoms with Gasteiger partial charge in [0.1, 0.15) is 49.5 Å². The highest BCUT2D eigenvalue weighted by Crippen LogP contribution is 2.37. The van der Waals surface area contributed by atoms with Crippen LogP contribution >= 0.6 is 62.6 Å². The molecule has 0 radical (unpaired) electrons. The van der Waals surface area contributed by atoms with Crippen molar-refractivity contribution in [2.45, 2.75) is 170 Å². The molecule has 0 spiro atoms. The van der Waals surface area contributed by atoms with Gasteiger partial charge in [-0.15, -0.1) is 89.4 Å². The van der Waals surface area contributed by atoms with E-state index in [1.807, 2.05) is 29.5 Å². The lowest BCUT2D eigenvalue weighted by Crippen LogP contribution is -2.33. The Hall–Kier alpha value is -4.61. The van der Waals surface area contributed by atoms with Gasteiger partial charge in [-0.05, 0) is 67.5 Å². The normalized spacial score (nSPS) is 24.4. The van der Waals surface area contributed by atoms with E-state index in [1.165, 1.54) is 33.5 Å². The molecule has 0 aliphatic carbocycles. The fourth-order valence-electron chi connectivity index (χ4n) is 7.50. The minimum Gasteiger partial charge on any atom is -0.394 e. The number of terminal acetylenes is 4. The van der Waals surface area contributed by atoms with Crippen molar-refractivity contribution in [3.63, 3.8) is 0 Å². The lowest BCUT2D eigenvalue weighted by molar-refractivity contribution is -0.0457. The van der Waals surface area contributed by atoms with Crippen LogP contribution in [0.15, 0.2) is 33.0 Å². The number of nitrogen functional groups attached to an aromatic ring is 3. The predicted molar refractivity (Wildman–Crippen MR) is 325 cm³/mol. The maximum absolute atomic E-state index is 12.2. The Bertz CT molecular complexity index is 2730. The molecule has 0 bridgehead atoms. The zero-order valence-electron chi connectivity index (χ0n) is 45.7. The predicted octanol–water partition coefficient (Wildman–Crippen LogP) is 2.94. The lowest BCUT2D eigenvalue weighted by Gasteiger charge is -2.18. The number of anilines is 3. The van der Waals surface area contributed by atoms with Crippen molar-refractivity contribution in [2.75, 3.05) is 30.4 Å². The number of aliphatic hydroxyl groups excluding tert-OH is 5. The summed E-state index contributed by atoms with van der Waals surface area (Å²) >= 11 is 5.85. The van der Waals surface area contributed by atoms with Crippen molar-refractivity contribution >= 4 is 80.1 Å². The smallest absolute Gasteiger partial charge is 0.351 e. The summed E-state index contributed by atoms with van der Waals surface area (Å²) in [6, 6.07) is 0. The van der Waals surface area contributed by atoms with Gasteiger partial charge in [0.25, 0.3) is 0 Å². The van der Waals surface area contributed by atoms with Gasteiger partial charge in [0, 0.05) is 75.5 Å². The molecule has 0 saturated carbocycles. The Balaban J connectivity index is 0.000000550. The van der Waals surface area contributed by atoms with Crippen LogP contribution in [0.3, 0.4) is 0 Å². The Labute approximate surface area is 486 Å². The van der Waals surface area contributed by atoms with E-state index in [9.17, 15) is 34.8 Å². The minimum atomic E-state index is -0.907. The first-order valence-corrected chi connectivity index (χ1v) is 27.5. The third-order valence-corrected chi connectivity index (χ3v) is 14.8. The highest BCUT2D eigenvalue weighted by Gasteiger charge is 2.44. The number of nitrogens with zero attached hydrogens (tertiary/aromatic N) is 6. The monoisotopic (exact) mass is 1270 g/mol. The first-order valence-electron chi connectivity index (χ1n) is 25.8. The molecule has 3 saturated heterocycles. The van der Waals surface area contributed by atoms with Crippen molar-refractivity contribution in [1.82, 2.24) is 28.7 Å². The van der Waals surface area contributed by atoms with E-state index < -0.39 is 77.6 Å². The van der Waals surface area contributed by atoms with E-state index in [0.717, 1.165) is 64.2 Å². The van der Waals surface area contributed by atoms with E-state index >= 15 is 0 Å². The summed E-state index contributed by atoms with van der Waals surface area (Å²) in [5, 5.41) is 48.4. The zero-order chi connectivity index (χ0) is 60.5. The molecule has 0 aromatic carbocycles. The molecule has 6 unspecified atom stereocenters. The van der Waals surface area contributed by atoms with E-state index in [1.54, 1.807) is 6.20 Å². The highest BCUT2D eigenvalue weighted by molar-refractivity contribution is 14.1. The molecule has 20 nitrogen and oxygen atoms in total. The number of rotatable bonds is 15. The standard InChI is InChI=1S/C18H24N3O3P.C17H22N3O4P.C9H13IN3O4P.C8H10.CH4.ClH/c1-3-5-6-7-8-9-10-12-11-21(18(23)20-16(12)19)17-15(25)14(22)13(4-2)24-17;1-2-3-4-5-6-7-8-11-9-20(17(23)19-15(11)18)16-14(25)13(22)12(10-21)24-16;10-3-1-13(9(16)12-7(3)11)8-6(18)5(15)4(2-14)17-8;1-3-5-7-8-6-4-2;;/h1,11,13-15,17,22H,4-8,25H2,2H3,(H2,19,20,23);1,9,12-14,16,21-22H,3-6,10,25H2,(H2,18,19,23);1,4-6,8,14-15H,2,18H2,(H2,11,12,16);1-2H,5-8H2;1H4;1H/t13-,14+,15?,17-;12-,13+,14?,16-;4-,5+,6?,8-;;;/m111.../s1/i;;;;1T;/hD. The number of ether oxygens (including phenoxy) is 3. The maximum Gasteiger partial charge on any atom is 0.351 e. The van der Waals surface area contributed by atoms with Gasteiger partial charge in [-0.1, -0.05) is 38.0 Å². The van der Waals surface area contributed by atoms with Crippen LogP contribution in [0.25, 0.3) is 0 Å². The van der Waals surface area contributed by atoms with Gasteiger partial charge in [0.2, 0.25) is 0 Å². The molecule has 11 N–H and O–H groups in total. The van der Waals surface area contributed by atoms with E-state index in [4.69, 9.17) is 64.8 Å². The van der Waals surface area contributed by atoms with E-state index in [0.29, 0.717) is 34.0 Å². The number of halogens is 2. The number of unbranched alkanes of at least 4 members (excludes halogenated alkanes) is 9. The van der Waals surface area contributed by atoms with Crippen molar-refractivity contribution in [1.29, 1.82) is 1.17 Å². The molecule has 15 atom stereocenters. The molecule has 3 aromatic heterocycles. The highest BCUT2D eigenvalue weighted by atomic mass is 127. The summed E-state index contributed by atoms with van der Waals surface area (Å²) < 4.78 is 32.3. The average molecular weight is 1270 g/mol. The molecule has 6 heterocycles. The van der Waals surface area contributed by atoms with Gasteiger partial charge in [-0.3, -0.25) is 13.7 Å². The second-order valence-corrected chi connectivity index (χ2v) is 20.8. The van der Waals surface area contributed by atoms with Crippen LogP contribution in [0, 0.1) is 76.6 Å². The van der Waals surface area contributed by atoms with Gasteiger partial charge in [0.05, 0.1) is 52.3 Å². The van der Waals surface area contributed by atoms with Gasteiger partial charge in [-0.25, -0.2) is 14.4 Å². The molecular weight excluding hydrogens is 1190 g/mol. The quantitative estimate of drug-likeness (QED) is 0.0470. The van der Waals surface area contributed by atoms with Crippen LogP contribution in [0.5, 0.6) is 0 Å². The number of aromatic nitrogens is 6. The number of aliphatic hydroxyl groups is 5. The second-order valence-electron chi connectivity index (χ2n) is 17.3. The van der Waals surface area contributed by atoms with Gasteiger partial charge >= 0.3 is 17.1 Å². The van der Waals surface area contributed by atoms with Crippen molar-refractivity contribution < 1.29 is 41.1 Å². The summed E-state index contributed by atoms with van der Waals surface area (Å²) in [5.74, 6) is 22.5. The van der Waals surface area contributed by atoms with Crippen LogP contribution < -0.4 is 34.3 Å². The molecule has 3 aromatic rings. The van der Waals surface area contributed by atoms with Gasteiger partial charge in [0.15, 0.2) is 0 Å². The van der Waals surface area contributed by atoms with Crippen LogP contribution in [-0.2, 0) is 14.2 Å². The first-order chi connectivity index (χ1) is 38.3. The fraction of sp³-hybridized carbons (Fsp3) is 0.547. The molecule has 3 aliphatic rings. The molecule has 3 aliphatic heterocycles. The Morgan fingerprint density at radius 1 is 0.615 bits per heavy atom. The number of hydrogen-bond acceptors (Lipinski definition) is 17. The Kier molecular flexibility index (Phi) is 32.4. The maximum atomic E-state index is 12.2. The SMILES string of the molecule is C#CCCCCC#C.C#CCCCCC#Cc1cn([C@@H]2O[C@H](CC)[C@H](O)C2P)c(=O)nc1N.C#CCCCCC#Cc1cn([C@@H]2O[C@H](CO)[C@H](O)C2P)c(=O)nc1N.Nc1nc(=O)n([C@@H]2O[C@H](CO)[C@H](O)C2P)cc1I.[2H]Cl.[3H]C. The molecule has 78 heavy (non-hydrogen) atoms. The summed E-state index contributed by atoms with van der Waals surface area (Å²) in [5.41, 5.74) is 15.2. The Morgan fingerprint density at radius 3 is 1.21 bits per heavy atom. The van der Waals surface area contributed by atoms with Crippen LogP contribution in [-0.4, -0.2) is 122 Å². The molecule has 25 heteroatoms. The first kappa shape index (κ1) is 67.7. The topological polar surface area (TPSA) is 312 Å². The lowest BCUT2D eigenvalue weighted by atomic mass is 10.1. The molecule has 3 fully saturated rings. The zero-order valence-corrected chi connectivity index (χ0v) is 50.0. The average Bonchev–Trinajstić information content (AvgIpc) is 4.03. The van der Waals surface area contributed by atoms with Crippen molar-refractivity contribution in [3.05, 3.63) is 64.7 Å². The van der Waals surface area contributed by atoms with Crippen molar-refractivity contribution in [3.8, 4) is 73.1 Å². The largest absolute Gasteiger partial charge is 0.394 e. The molecule has 6 rings (SSSR count). The van der Waals surface area contributed by atoms with Crippen LogP contribution in [0.4, 0.5) is 17.5 Å². The van der Waals surface area contributed by atoms with E-state index in [-0.39, 0.29) is 42.4 Å². The summed E-state index contributed by atoms with van der Waals surface area (Å²) in [7, 11) is 8.65. The third kappa shape index (κ3) is 20.8. The third-order valence-electron chi connectivity index (χ3n) is 11.8. The van der Waals surface area contributed by atoms with Gasteiger partial charge < -0.3 is 56.9 Å². The Morgan fingerprint density at radius 2 is 0.910 bits per heavy atom. The second kappa shape index (κ2) is 37.3. The molecule has 0 amide bonds. The summed E-state index contributed by atoms with van der Waals surface area (Å²) in [6.45, 7) is 1.27. The fourth-order valence-corrected chi connectivity index (χ4v) is 9.50. The van der Waals surface area contributed by atoms with E-state index in [2.05, 4.69) is 102 Å². The number of hydrogen-bond donors (Lipinski definition) is 8. The van der Waals surface area contributed by atoms with Crippen LogP contribution in [0.1, 0.15) is 129 Å². The summed E-state index contributed by atoms with van der Waals surface area (Å²) in [6.07, 6.45) is 29.7. The van der Waals surface area contributed by atoms with Crippen molar-refractivity contribution in [2.24, 2.45) is 0 Å².